The van der Waals surface area contributed by atoms with E-state index in [2.05, 4.69) is 15.3 Å². The molecule has 3 fully saturated rings. The van der Waals surface area contributed by atoms with Gasteiger partial charge in [-0.25, -0.2) is 9.97 Å². The second-order valence-electron chi connectivity index (χ2n) is 6.54. The first-order valence-corrected chi connectivity index (χ1v) is 8.35. The van der Waals surface area contributed by atoms with Gasteiger partial charge in [0.15, 0.2) is 0 Å². The van der Waals surface area contributed by atoms with E-state index < -0.39 is 0 Å². The van der Waals surface area contributed by atoms with Crippen LogP contribution in [-0.4, -0.2) is 21.9 Å². The lowest BCUT2D eigenvalue weighted by Crippen LogP contribution is -2.29. The summed E-state index contributed by atoms with van der Waals surface area (Å²) in [6.07, 6.45) is 7.34. The number of rotatable bonds is 2. The normalized spacial score (nSPS) is 35.9. The zero-order chi connectivity index (χ0) is 14.1. The largest absolute Gasteiger partial charge is 0.396 e. The number of thiophene rings is 1. The fourth-order valence-electron chi connectivity index (χ4n) is 4.75. The van der Waals surface area contributed by atoms with E-state index in [0.717, 1.165) is 28.5 Å². The van der Waals surface area contributed by atoms with Crippen LogP contribution in [0.3, 0.4) is 0 Å². The summed E-state index contributed by atoms with van der Waals surface area (Å²) < 4.78 is 0. The topological polar surface area (TPSA) is 80.9 Å². The minimum atomic E-state index is -0.0453. The van der Waals surface area contributed by atoms with Crippen molar-refractivity contribution in [3.63, 3.8) is 0 Å². The van der Waals surface area contributed by atoms with Crippen molar-refractivity contribution < 1.29 is 4.79 Å². The number of nitrogens with one attached hydrogen (secondary N) is 1. The molecule has 6 heteroatoms. The summed E-state index contributed by atoms with van der Waals surface area (Å²) in [5.41, 5.74) is 7.18. The molecule has 0 aliphatic heterocycles. The Hall–Kier alpha value is -1.69. The lowest BCUT2D eigenvalue weighted by atomic mass is 10.0. The Morgan fingerprint density at radius 2 is 1.95 bits per heavy atom. The Labute approximate surface area is 126 Å². The number of anilines is 1. The van der Waals surface area contributed by atoms with E-state index in [0.29, 0.717) is 22.1 Å². The molecule has 5 rings (SSSR count). The molecule has 0 spiro atoms. The SMILES string of the molecule is Nc1c(C(=O)NC2C3C4CCC(C4)C23)sc2nccnc12. The van der Waals surface area contributed by atoms with E-state index in [4.69, 9.17) is 5.73 Å². The molecule has 2 aromatic rings. The highest BCUT2D eigenvalue weighted by atomic mass is 32.1. The highest BCUT2D eigenvalue weighted by Crippen LogP contribution is 2.65. The highest BCUT2D eigenvalue weighted by molar-refractivity contribution is 7.21. The zero-order valence-electron chi connectivity index (χ0n) is 11.5. The molecule has 21 heavy (non-hydrogen) atoms. The van der Waals surface area contributed by atoms with Crippen molar-refractivity contribution >= 4 is 33.3 Å². The van der Waals surface area contributed by atoms with E-state index in [1.165, 1.54) is 30.6 Å². The second-order valence-corrected chi connectivity index (χ2v) is 7.54. The number of hydrogen-bond acceptors (Lipinski definition) is 5. The number of hydrogen-bond donors (Lipinski definition) is 2. The lowest BCUT2D eigenvalue weighted by Gasteiger charge is -2.10. The molecule has 3 saturated carbocycles. The number of aromatic nitrogens is 2. The van der Waals surface area contributed by atoms with Crippen LogP contribution in [0, 0.1) is 23.7 Å². The molecule has 3 aliphatic carbocycles. The third-order valence-corrected chi connectivity index (χ3v) is 6.70. The van der Waals surface area contributed by atoms with Gasteiger partial charge >= 0.3 is 0 Å². The molecular weight excluding hydrogens is 284 g/mol. The van der Waals surface area contributed by atoms with Crippen molar-refractivity contribution in [2.75, 3.05) is 5.73 Å². The second kappa shape index (κ2) is 3.94. The van der Waals surface area contributed by atoms with Crippen LogP contribution in [0.25, 0.3) is 10.3 Å². The third kappa shape index (κ3) is 1.54. The van der Waals surface area contributed by atoms with Gasteiger partial charge in [-0.3, -0.25) is 4.79 Å². The number of nitrogens with zero attached hydrogens (tertiary/aromatic N) is 2. The molecule has 108 valence electrons. The number of nitrogen functional groups attached to an aromatic ring is 1. The van der Waals surface area contributed by atoms with E-state index in [1.807, 2.05) is 0 Å². The Morgan fingerprint density at radius 1 is 1.24 bits per heavy atom. The summed E-state index contributed by atoms with van der Waals surface area (Å²) in [7, 11) is 0. The molecular formula is C15H16N4OS. The molecule has 3 aliphatic rings. The van der Waals surface area contributed by atoms with Crippen LogP contribution in [0.2, 0.25) is 0 Å². The summed E-state index contributed by atoms with van der Waals surface area (Å²) in [5, 5.41) is 3.21. The van der Waals surface area contributed by atoms with E-state index in [9.17, 15) is 4.79 Å². The van der Waals surface area contributed by atoms with Gasteiger partial charge in [0.25, 0.3) is 5.91 Å². The number of fused-ring (bicyclic) bond motifs is 6. The van der Waals surface area contributed by atoms with E-state index in [-0.39, 0.29) is 5.91 Å². The number of carbonyl (C=O) groups excluding carboxylic acids is 1. The van der Waals surface area contributed by atoms with Crippen LogP contribution in [0.15, 0.2) is 12.4 Å². The van der Waals surface area contributed by atoms with Crippen molar-refractivity contribution in [1.82, 2.24) is 15.3 Å². The molecule has 0 aromatic carbocycles. The van der Waals surface area contributed by atoms with Gasteiger partial charge in [-0.05, 0) is 42.9 Å². The van der Waals surface area contributed by atoms with Crippen molar-refractivity contribution in [1.29, 1.82) is 0 Å². The monoisotopic (exact) mass is 300 g/mol. The first-order valence-electron chi connectivity index (χ1n) is 7.54. The van der Waals surface area contributed by atoms with Gasteiger partial charge in [0.2, 0.25) is 0 Å². The van der Waals surface area contributed by atoms with Crippen molar-refractivity contribution in [2.45, 2.75) is 25.3 Å². The molecule has 5 nitrogen and oxygen atoms in total. The van der Waals surface area contributed by atoms with Crippen molar-refractivity contribution in [3.05, 3.63) is 17.3 Å². The summed E-state index contributed by atoms with van der Waals surface area (Å²) in [5.74, 6) is 3.14. The number of nitrogens with two attached hydrogens (primary N) is 1. The minimum absolute atomic E-state index is 0.0453. The lowest BCUT2D eigenvalue weighted by molar-refractivity contribution is 0.0949. The maximum Gasteiger partial charge on any atom is 0.263 e. The third-order valence-electron chi connectivity index (χ3n) is 5.60. The first-order chi connectivity index (χ1) is 10.2. The predicted molar refractivity (Wildman–Crippen MR) is 80.9 cm³/mol. The van der Waals surface area contributed by atoms with Crippen LogP contribution in [0.1, 0.15) is 28.9 Å². The quantitative estimate of drug-likeness (QED) is 0.889. The van der Waals surface area contributed by atoms with E-state index in [1.54, 1.807) is 12.4 Å². The van der Waals surface area contributed by atoms with Gasteiger partial charge in [-0.2, -0.15) is 0 Å². The fourth-order valence-corrected chi connectivity index (χ4v) is 5.67. The van der Waals surface area contributed by atoms with Crippen LogP contribution < -0.4 is 11.1 Å². The Balaban J connectivity index is 1.40. The molecule has 2 aromatic heterocycles. The number of carbonyl (C=O) groups is 1. The molecule has 4 atom stereocenters. The Morgan fingerprint density at radius 3 is 2.67 bits per heavy atom. The van der Waals surface area contributed by atoms with E-state index >= 15 is 0 Å². The van der Waals surface area contributed by atoms with Gasteiger partial charge in [0.1, 0.15) is 15.2 Å². The summed E-state index contributed by atoms with van der Waals surface area (Å²) >= 11 is 1.34. The molecule has 0 saturated heterocycles. The molecule has 2 bridgehead atoms. The molecule has 2 heterocycles. The van der Waals surface area contributed by atoms with Gasteiger partial charge in [0, 0.05) is 18.4 Å². The van der Waals surface area contributed by atoms with Crippen LogP contribution >= 0.6 is 11.3 Å². The minimum Gasteiger partial charge on any atom is -0.396 e. The molecule has 4 unspecified atom stereocenters. The van der Waals surface area contributed by atoms with Crippen molar-refractivity contribution in [2.24, 2.45) is 23.7 Å². The average molecular weight is 300 g/mol. The summed E-state index contributed by atoms with van der Waals surface area (Å²) in [6.45, 7) is 0. The molecule has 1 amide bonds. The van der Waals surface area contributed by atoms with Gasteiger partial charge < -0.3 is 11.1 Å². The smallest absolute Gasteiger partial charge is 0.263 e. The first kappa shape index (κ1) is 11.9. The van der Waals surface area contributed by atoms with Gasteiger partial charge in [-0.1, -0.05) is 0 Å². The summed E-state index contributed by atoms with van der Waals surface area (Å²) in [4.78, 5) is 22.3. The number of amides is 1. The Kier molecular flexibility index (Phi) is 2.24. The molecule has 3 N–H and O–H groups in total. The van der Waals surface area contributed by atoms with Crippen molar-refractivity contribution in [3.8, 4) is 0 Å². The highest BCUT2D eigenvalue weighted by Gasteiger charge is 2.65. The molecule has 0 radical (unpaired) electrons. The maximum atomic E-state index is 12.5. The van der Waals surface area contributed by atoms with Gasteiger partial charge in [0.05, 0.1) is 5.69 Å². The van der Waals surface area contributed by atoms with Crippen LogP contribution in [0.5, 0.6) is 0 Å². The standard InChI is InChI=1S/C15H16N4OS/c16-10-12-15(18-4-3-17-12)21-13(10)14(20)19-11-8-6-1-2-7(5-6)9(8)11/h3-4,6-9,11H,1-2,5,16H2,(H,19,20). The van der Waals surface area contributed by atoms with Gasteiger partial charge in [-0.15, -0.1) is 11.3 Å². The van der Waals surface area contributed by atoms with Crippen LogP contribution in [-0.2, 0) is 0 Å². The average Bonchev–Trinajstić information content (AvgIpc) is 2.84. The summed E-state index contributed by atoms with van der Waals surface area (Å²) in [6, 6.07) is 0.384. The maximum absolute atomic E-state index is 12.5. The predicted octanol–water partition coefficient (Wildman–Crippen LogP) is 2.05. The Bertz CT molecular complexity index is 741. The van der Waals surface area contributed by atoms with Crippen LogP contribution in [0.4, 0.5) is 5.69 Å². The zero-order valence-corrected chi connectivity index (χ0v) is 12.3. The fraction of sp³-hybridized carbons (Fsp3) is 0.533.